The van der Waals surface area contributed by atoms with Crippen molar-refractivity contribution in [1.82, 2.24) is 9.97 Å². The van der Waals surface area contributed by atoms with E-state index in [4.69, 9.17) is 15.2 Å². The number of methoxy groups -OCH3 is 1. The third kappa shape index (κ3) is 2.34. The fourth-order valence-electron chi connectivity index (χ4n) is 2.54. The van der Waals surface area contributed by atoms with Gasteiger partial charge >= 0.3 is 5.69 Å². The first-order valence-corrected chi connectivity index (χ1v) is 6.63. The SMILES string of the molecule is COc1cccc(C2C(C#N)=C(N)Oc3[nH]c(=O)[nH]c(=O)c32)c1. The third-order valence-corrected chi connectivity index (χ3v) is 3.55. The summed E-state index contributed by atoms with van der Waals surface area (Å²) in [6.45, 7) is 0. The Morgan fingerprint density at radius 1 is 1.35 bits per heavy atom. The Morgan fingerprint density at radius 3 is 2.83 bits per heavy atom. The summed E-state index contributed by atoms with van der Waals surface area (Å²) in [6, 6.07) is 8.86. The van der Waals surface area contributed by atoms with E-state index in [0.717, 1.165) is 0 Å². The van der Waals surface area contributed by atoms with Crippen LogP contribution in [-0.4, -0.2) is 17.1 Å². The quantitative estimate of drug-likeness (QED) is 0.729. The molecule has 1 unspecified atom stereocenters. The first kappa shape index (κ1) is 14.5. The number of benzene rings is 1. The molecule has 23 heavy (non-hydrogen) atoms. The Labute approximate surface area is 129 Å². The topological polar surface area (TPSA) is 134 Å². The van der Waals surface area contributed by atoms with Crippen molar-refractivity contribution in [2.45, 2.75) is 5.92 Å². The number of nitriles is 1. The van der Waals surface area contributed by atoms with Gasteiger partial charge in [-0.2, -0.15) is 5.26 Å². The van der Waals surface area contributed by atoms with Crippen LogP contribution in [0.2, 0.25) is 0 Å². The minimum Gasteiger partial charge on any atom is -0.497 e. The molecule has 0 radical (unpaired) electrons. The first-order chi connectivity index (χ1) is 11.0. The molecule has 0 fully saturated rings. The number of rotatable bonds is 2. The highest BCUT2D eigenvalue weighted by Gasteiger charge is 2.34. The van der Waals surface area contributed by atoms with Crippen molar-refractivity contribution >= 4 is 0 Å². The molecular weight excluding hydrogens is 300 g/mol. The monoisotopic (exact) mass is 312 g/mol. The second kappa shape index (κ2) is 5.38. The van der Waals surface area contributed by atoms with E-state index in [9.17, 15) is 14.9 Å². The summed E-state index contributed by atoms with van der Waals surface area (Å²) in [5.41, 5.74) is 5.23. The van der Waals surface area contributed by atoms with Crippen molar-refractivity contribution in [2.75, 3.05) is 7.11 Å². The van der Waals surface area contributed by atoms with Gasteiger partial charge in [0, 0.05) is 0 Å². The van der Waals surface area contributed by atoms with Crippen LogP contribution in [0.5, 0.6) is 11.6 Å². The zero-order valence-corrected chi connectivity index (χ0v) is 12.0. The summed E-state index contributed by atoms with van der Waals surface area (Å²) < 4.78 is 10.4. The zero-order chi connectivity index (χ0) is 16.6. The molecule has 116 valence electrons. The lowest BCUT2D eigenvalue weighted by Crippen LogP contribution is -2.33. The summed E-state index contributed by atoms with van der Waals surface area (Å²) in [4.78, 5) is 28.2. The standard InChI is InChI=1S/C15H12N4O4/c1-22-8-4-2-3-7(5-8)10-9(6-16)12(17)23-14-11(10)13(20)18-15(21)19-14/h2-5,10H,17H2,1H3,(H2,18,19,20,21). The lowest BCUT2D eigenvalue weighted by Gasteiger charge is -2.24. The second-order valence-electron chi connectivity index (χ2n) is 4.85. The molecule has 3 rings (SSSR count). The molecule has 1 aromatic heterocycles. The van der Waals surface area contributed by atoms with Crippen molar-refractivity contribution in [3.63, 3.8) is 0 Å². The van der Waals surface area contributed by atoms with Crippen LogP contribution in [-0.2, 0) is 0 Å². The van der Waals surface area contributed by atoms with Crippen molar-refractivity contribution in [3.8, 4) is 17.7 Å². The predicted molar refractivity (Wildman–Crippen MR) is 80.0 cm³/mol. The van der Waals surface area contributed by atoms with Crippen molar-refractivity contribution in [3.05, 3.63) is 67.7 Å². The molecule has 1 aliphatic rings. The van der Waals surface area contributed by atoms with Crippen LogP contribution in [0.25, 0.3) is 0 Å². The molecule has 0 spiro atoms. The average Bonchev–Trinajstić information content (AvgIpc) is 2.53. The molecule has 0 amide bonds. The Bertz CT molecular complexity index is 964. The lowest BCUT2D eigenvalue weighted by molar-refractivity contribution is 0.373. The van der Waals surface area contributed by atoms with Crippen LogP contribution >= 0.6 is 0 Å². The Balaban J connectivity index is 2.31. The summed E-state index contributed by atoms with van der Waals surface area (Å²) in [7, 11) is 1.51. The third-order valence-electron chi connectivity index (χ3n) is 3.55. The number of hydrogen-bond donors (Lipinski definition) is 3. The molecule has 1 aliphatic heterocycles. The number of ether oxygens (including phenoxy) is 2. The van der Waals surface area contributed by atoms with Crippen molar-refractivity contribution in [1.29, 1.82) is 5.26 Å². The van der Waals surface area contributed by atoms with E-state index >= 15 is 0 Å². The maximum absolute atomic E-state index is 12.2. The van der Waals surface area contributed by atoms with Gasteiger partial charge in [0.05, 0.1) is 18.6 Å². The minimum absolute atomic E-state index is 0.0666. The number of aromatic amines is 2. The summed E-state index contributed by atoms with van der Waals surface area (Å²) in [6.07, 6.45) is 0. The van der Waals surface area contributed by atoms with Gasteiger partial charge in [0.1, 0.15) is 17.4 Å². The van der Waals surface area contributed by atoms with Crippen LogP contribution in [0.15, 0.2) is 45.3 Å². The van der Waals surface area contributed by atoms with Crippen LogP contribution in [0.3, 0.4) is 0 Å². The van der Waals surface area contributed by atoms with E-state index in [1.165, 1.54) is 7.11 Å². The molecule has 8 heteroatoms. The highest BCUT2D eigenvalue weighted by atomic mass is 16.5. The molecule has 1 aromatic carbocycles. The van der Waals surface area contributed by atoms with Gasteiger partial charge in [0.25, 0.3) is 5.56 Å². The number of fused-ring (bicyclic) bond motifs is 1. The molecule has 0 saturated heterocycles. The first-order valence-electron chi connectivity index (χ1n) is 6.63. The van der Waals surface area contributed by atoms with Gasteiger partial charge in [0.2, 0.25) is 11.8 Å². The molecule has 2 heterocycles. The van der Waals surface area contributed by atoms with Gasteiger partial charge in [0.15, 0.2) is 0 Å². The van der Waals surface area contributed by atoms with Crippen LogP contribution in [0.4, 0.5) is 0 Å². The summed E-state index contributed by atoms with van der Waals surface area (Å²) in [5.74, 6) is -0.427. The summed E-state index contributed by atoms with van der Waals surface area (Å²) >= 11 is 0. The van der Waals surface area contributed by atoms with Gasteiger partial charge in [-0.1, -0.05) is 12.1 Å². The fourth-order valence-corrected chi connectivity index (χ4v) is 2.54. The van der Waals surface area contributed by atoms with E-state index < -0.39 is 17.2 Å². The highest BCUT2D eigenvalue weighted by Crippen LogP contribution is 2.39. The van der Waals surface area contributed by atoms with Gasteiger partial charge in [-0.25, -0.2) is 4.79 Å². The number of nitrogens with two attached hydrogens (primary N) is 1. The number of nitrogens with zero attached hydrogens (tertiary/aromatic N) is 1. The van der Waals surface area contributed by atoms with Crippen LogP contribution in [0.1, 0.15) is 17.0 Å². The lowest BCUT2D eigenvalue weighted by atomic mass is 9.85. The number of allylic oxidation sites excluding steroid dienone is 1. The van der Waals surface area contributed by atoms with Gasteiger partial charge in [-0.3, -0.25) is 14.8 Å². The largest absolute Gasteiger partial charge is 0.497 e. The van der Waals surface area contributed by atoms with Gasteiger partial charge in [-0.05, 0) is 17.7 Å². The Hall–Kier alpha value is -3.47. The van der Waals surface area contributed by atoms with Gasteiger partial charge < -0.3 is 15.2 Å². The molecule has 8 nitrogen and oxygen atoms in total. The van der Waals surface area contributed by atoms with E-state index in [-0.39, 0.29) is 22.9 Å². The molecule has 0 saturated carbocycles. The molecule has 0 bridgehead atoms. The highest BCUT2D eigenvalue weighted by molar-refractivity contribution is 5.53. The van der Waals surface area contributed by atoms with Crippen LogP contribution < -0.4 is 26.5 Å². The number of hydrogen-bond acceptors (Lipinski definition) is 6. The van der Waals surface area contributed by atoms with Crippen molar-refractivity contribution < 1.29 is 9.47 Å². The molecule has 2 aromatic rings. The average molecular weight is 312 g/mol. The predicted octanol–water partition coefficient (Wildman–Crippen LogP) is 0.290. The molecular formula is C15H12N4O4. The number of nitrogens with one attached hydrogen (secondary N) is 2. The smallest absolute Gasteiger partial charge is 0.328 e. The maximum atomic E-state index is 12.2. The fraction of sp³-hybridized carbons (Fsp3) is 0.133. The van der Waals surface area contributed by atoms with E-state index in [2.05, 4.69) is 9.97 Å². The normalized spacial score (nSPS) is 16.3. The Morgan fingerprint density at radius 2 is 2.13 bits per heavy atom. The van der Waals surface area contributed by atoms with Crippen molar-refractivity contribution in [2.24, 2.45) is 5.73 Å². The van der Waals surface area contributed by atoms with E-state index in [1.54, 1.807) is 24.3 Å². The minimum atomic E-state index is -0.764. The zero-order valence-electron chi connectivity index (χ0n) is 12.0. The molecule has 4 N–H and O–H groups in total. The molecule has 1 atom stereocenters. The molecule has 0 aliphatic carbocycles. The van der Waals surface area contributed by atoms with Crippen LogP contribution in [0, 0.1) is 11.3 Å². The van der Waals surface area contributed by atoms with Gasteiger partial charge in [-0.15, -0.1) is 0 Å². The van der Waals surface area contributed by atoms with E-state index in [0.29, 0.717) is 11.3 Å². The summed E-state index contributed by atoms with van der Waals surface area (Å²) in [5, 5.41) is 9.41. The van der Waals surface area contributed by atoms with E-state index in [1.807, 2.05) is 6.07 Å². The number of H-pyrrole nitrogens is 2. The Kier molecular flexibility index (Phi) is 3.38. The second-order valence-corrected chi connectivity index (χ2v) is 4.85. The number of aromatic nitrogens is 2. The maximum Gasteiger partial charge on any atom is 0.328 e.